The van der Waals surface area contributed by atoms with Crippen LogP contribution in [-0.2, 0) is 6.54 Å². The zero-order valence-electron chi connectivity index (χ0n) is 13.3. The zero-order valence-corrected chi connectivity index (χ0v) is 13.3. The van der Waals surface area contributed by atoms with Crippen molar-refractivity contribution in [1.29, 1.82) is 0 Å². The topological polar surface area (TPSA) is 68.6 Å². The molecule has 1 aromatic carbocycles. The molecule has 0 spiro atoms. The minimum Gasteiger partial charge on any atom is -0.395 e. The summed E-state index contributed by atoms with van der Waals surface area (Å²) in [4.78, 5) is 6.46. The van der Waals surface area contributed by atoms with Crippen LogP contribution in [0.25, 0.3) is 0 Å². The van der Waals surface area contributed by atoms with Gasteiger partial charge >= 0.3 is 0 Å². The molecule has 1 aromatic heterocycles. The van der Waals surface area contributed by atoms with Gasteiger partial charge in [0.1, 0.15) is 5.82 Å². The molecule has 0 bridgehead atoms. The van der Waals surface area contributed by atoms with Gasteiger partial charge in [-0.1, -0.05) is 36.4 Å². The predicted molar refractivity (Wildman–Crippen MR) is 90.3 cm³/mol. The maximum Gasteiger partial charge on any atom is 0.130 e. The van der Waals surface area contributed by atoms with E-state index in [0.717, 1.165) is 16.9 Å². The van der Waals surface area contributed by atoms with E-state index in [1.165, 1.54) is 0 Å². The normalized spacial score (nSPS) is 24.7. The summed E-state index contributed by atoms with van der Waals surface area (Å²) in [5.74, 6) is 0.852. The summed E-state index contributed by atoms with van der Waals surface area (Å²) in [6.45, 7) is 1.31. The number of aromatic nitrogens is 1. The Bertz CT molecular complexity index is 635. The molecule has 5 nitrogen and oxygen atoms in total. The summed E-state index contributed by atoms with van der Waals surface area (Å²) >= 11 is 0. The summed E-state index contributed by atoms with van der Waals surface area (Å²) < 4.78 is 0. The Morgan fingerprint density at radius 1 is 1.22 bits per heavy atom. The lowest BCUT2D eigenvalue weighted by molar-refractivity contribution is 0.0641. The van der Waals surface area contributed by atoms with Crippen molar-refractivity contribution >= 4 is 5.82 Å². The van der Waals surface area contributed by atoms with Gasteiger partial charge in [0.2, 0.25) is 0 Å². The number of pyridine rings is 1. The number of hydrogen-bond donors (Lipinski definition) is 3. The Hall–Kier alpha value is -1.95. The van der Waals surface area contributed by atoms with E-state index < -0.39 is 6.10 Å². The predicted octanol–water partition coefficient (Wildman–Crippen LogP) is 1.44. The van der Waals surface area contributed by atoms with Crippen molar-refractivity contribution < 1.29 is 10.2 Å². The third-order valence-corrected chi connectivity index (χ3v) is 4.62. The Labute approximate surface area is 136 Å². The molecule has 1 aliphatic heterocycles. The number of nitrogens with one attached hydrogen (secondary N) is 1. The lowest BCUT2D eigenvalue weighted by atomic mass is 9.94. The van der Waals surface area contributed by atoms with Gasteiger partial charge in [-0.2, -0.15) is 0 Å². The molecule has 3 atom stereocenters. The van der Waals surface area contributed by atoms with Gasteiger partial charge in [-0.15, -0.1) is 0 Å². The minimum absolute atomic E-state index is 0.0167. The highest BCUT2D eigenvalue weighted by atomic mass is 16.3. The van der Waals surface area contributed by atoms with Crippen LogP contribution in [0.1, 0.15) is 17.0 Å². The molecule has 0 radical (unpaired) electrons. The van der Waals surface area contributed by atoms with Crippen LogP contribution >= 0.6 is 0 Å². The first-order valence-electron chi connectivity index (χ1n) is 7.94. The summed E-state index contributed by atoms with van der Waals surface area (Å²) in [6, 6.07) is 13.7. The molecular formula is C18H23N3O2. The maximum absolute atomic E-state index is 10.6. The van der Waals surface area contributed by atoms with Crippen LogP contribution < -0.4 is 5.32 Å². The van der Waals surface area contributed by atoms with Gasteiger partial charge in [-0.3, -0.25) is 4.90 Å². The highest BCUT2D eigenvalue weighted by Gasteiger charge is 2.41. The Morgan fingerprint density at radius 3 is 2.70 bits per heavy atom. The van der Waals surface area contributed by atoms with Crippen molar-refractivity contribution in [3.63, 3.8) is 0 Å². The lowest BCUT2D eigenvalue weighted by Crippen LogP contribution is -2.38. The summed E-state index contributed by atoms with van der Waals surface area (Å²) in [5, 5.41) is 23.5. The third kappa shape index (κ3) is 3.22. The first-order chi connectivity index (χ1) is 11.2. The fourth-order valence-corrected chi connectivity index (χ4v) is 3.40. The molecule has 3 N–H and O–H groups in total. The Morgan fingerprint density at radius 2 is 2.00 bits per heavy atom. The Balaban J connectivity index is 1.82. The van der Waals surface area contributed by atoms with E-state index in [-0.39, 0.29) is 18.6 Å². The highest BCUT2D eigenvalue weighted by Crippen LogP contribution is 2.33. The Kier molecular flexibility index (Phi) is 4.91. The molecule has 2 aromatic rings. The van der Waals surface area contributed by atoms with Crippen molar-refractivity contribution in [1.82, 2.24) is 9.88 Å². The molecule has 5 heteroatoms. The van der Waals surface area contributed by atoms with Crippen molar-refractivity contribution in [2.24, 2.45) is 0 Å². The molecule has 0 aliphatic carbocycles. The van der Waals surface area contributed by atoms with Gasteiger partial charge in [0.15, 0.2) is 0 Å². The van der Waals surface area contributed by atoms with E-state index in [0.29, 0.717) is 13.1 Å². The average molecular weight is 313 g/mol. The second kappa shape index (κ2) is 7.08. The summed E-state index contributed by atoms with van der Waals surface area (Å²) in [7, 11) is 1.85. The molecule has 122 valence electrons. The monoisotopic (exact) mass is 313 g/mol. The van der Waals surface area contributed by atoms with Crippen LogP contribution in [-0.4, -0.2) is 52.4 Å². The van der Waals surface area contributed by atoms with Crippen LogP contribution in [0.3, 0.4) is 0 Å². The molecule has 0 unspecified atom stereocenters. The molecule has 1 fully saturated rings. The van der Waals surface area contributed by atoms with Gasteiger partial charge in [-0.05, 0) is 11.6 Å². The van der Waals surface area contributed by atoms with E-state index in [9.17, 15) is 10.2 Å². The second-order valence-corrected chi connectivity index (χ2v) is 5.95. The van der Waals surface area contributed by atoms with E-state index >= 15 is 0 Å². The molecule has 1 aliphatic rings. The van der Waals surface area contributed by atoms with Crippen LogP contribution in [0, 0.1) is 0 Å². The summed E-state index contributed by atoms with van der Waals surface area (Å²) in [6.07, 6.45) is 1.18. The number of aliphatic hydroxyl groups is 2. The van der Waals surface area contributed by atoms with Gasteiger partial charge in [0, 0.05) is 37.8 Å². The van der Waals surface area contributed by atoms with Crippen molar-refractivity contribution in [3.05, 3.63) is 59.8 Å². The fourth-order valence-electron chi connectivity index (χ4n) is 3.40. The highest BCUT2D eigenvalue weighted by molar-refractivity contribution is 5.43. The van der Waals surface area contributed by atoms with Gasteiger partial charge < -0.3 is 15.5 Å². The molecule has 2 heterocycles. The quantitative estimate of drug-likeness (QED) is 0.779. The lowest BCUT2D eigenvalue weighted by Gasteiger charge is -2.24. The number of aliphatic hydroxyl groups excluding tert-OH is 2. The zero-order chi connectivity index (χ0) is 16.2. The van der Waals surface area contributed by atoms with Crippen LogP contribution in [0.15, 0.2) is 48.7 Å². The maximum atomic E-state index is 10.6. The fraction of sp³-hybridized carbons (Fsp3) is 0.389. The number of hydrogen-bond acceptors (Lipinski definition) is 5. The SMILES string of the molecule is CNc1ncccc1CN1C[C@H](c2ccccc2)[C@@H](O)[C@H]1CO. The average Bonchev–Trinajstić information content (AvgIpc) is 2.91. The van der Waals surface area contributed by atoms with E-state index in [1.54, 1.807) is 6.20 Å². The number of nitrogens with zero attached hydrogens (tertiary/aromatic N) is 2. The first-order valence-corrected chi connectivity index (χ1v) is 7.94. The van der Waals surface area contributed by atoms with E-state index in [4.69, 9.17) is 0 Å². The largest absolute Gasteiger partial charge is 0.395 e. The van der Waals surface area contributed by atoms with Crippen molar-refractivity contribution in [2.75, 3.05) is 25.5 Å². The third-order valence-electron chi connectivity index (χ3n) is 4.62. The van der Waals surface area contributed by atoms with E-state index in [2.05, 4.69) is 15.2 Å². The molecule has 23 heavy (non-hydrogen) atoms. The molecule has 0 saturated carbocycles. The van der Waals surface area contributed by atoms with Gasteiger partial charge in [0.05, 0.1) is 18.8 Å². The molecular weight excluding hydrogens is 290 g/mol. The number of rotatable bonds is 5. The number of benzene rings is 1. The number of likely N-dealkylation sites (tertiary alicyclic amines) is 1. The van der Waals surface area contributed by atoms with Crippen LogP contribution in [0.4, 0.5) is 5.82 Å². The van der Waals surface area contributed by atoms with Crippen LogP contribution in [0.2, 0.25) is 0 Å². The molecule has 1 saturated heterocycles. The standard InChI is InChI=1S/C18H23N3O2/c1-19-18-14(8-5-9-20-18)10-21-11-15(17(23)16(21)12-22)13-6-3-2-4-7-13/h2-9,15-17,22-23H,10-12H2,1H3,(H,19,20)/t15-,16-,17-/m1/s1. The molecule has 3 rings (SSSR count). The second-order valence-electron chi connectivity index (χ2n) is 5.95. The smallest absolute Gasteiger partial charge is 0.130 e. The minimum atomic E-state index is -0.572. The van der Waals surface area contributed by atoms with Crippen molar-refractivity contribution in [2.45, 2.75) is 24.6 Å². The number of anilines is 1. The van der Waals surface area contributed by atoms with Crippen molar-refractivity contribution in [3.8, 4) is 0 Å². The van der Waals surface area contributed by atoms with Crippen LogP contribution in [0.5, 0.6) is 0 Å². The van der Waals surface area contributed by atoms with E-state index in [1.807, 2.05) is 49.5 Å². The van der Waals surface area contributed by atoms with Gasteiger partial charge in [-0.25, -0.2) is 4.98 Å². The van der Waals surface area contributed by atoms with Gasteiger partial charge in [0.25, 0.3) is 0 Å². The summed E-state index contributed by atoms with van der Waals surface area (Å²) in [5.41, 5.74) is 2.18. The molecule has 0 amide bonds. The first kappa shape index (κ1) is 15.9.